The van der Waals surface area contributed by atoms with Crippen LogP contribution in [0.2, 0.25) is 0 Å². The maximum atomic E-state index is 7.08. The van der Waals surface area contributed by atoms with Crippen LogP contribution in [0.3, 0.4) is 0 Å². The van der Waals surface area contributed by atoms with Crippen LogP contribution in [0.5, 0.6) is 11.5 Å². The lowest BCUT2D eigenvalue weighted by molar-refractivity contribution is -0.984. The zero-order valence-electron chi connectivity index (χ0n) is 17.8. The molecule has 0 aromatic heterocycles. The number of fused-ring (bicyclic) bond motifs is 4. The number of hydrogen-bond donors (Lipinski definition) is 1. The van der Waals surface area contributed by atoms with Gasteiger partial charge in [0.1, 0.15) is 0 Å². The summed E-state index contributed by atoms with van der Waals surface area (Å²) in [6, 6.07) is 10.9. The van der Waals surface area contributed by atoms with Crippen molar-refractivity contribution < 1.29 is 19.1 Å². The molecule has 3 heterocycles. The smallest absolute Gasteiger partial charge is 0.278 e. The van der Waals surface area contributed by atoms with E-state index in [-0.39, 0.29) is 11.8 Å². The van der Waals surface area contributed by atoms with Gasteiger partial charge in [0.25, 0.3) is 5.72 Å². The van der Waals surface area contributed by atoms with Crippen LogP contribution in [0.4, 0.5) is 5.69 Å². The Morgan fingerprint density at radius 2 is 1.73 bits per heavy atom. The van der Waals surface area contributed by atoms with Gasteiger partial charge in [-0.05, 0) is 38.5 Å². The van der Waals surface area contributed by atoms with E-state index in [0.29, 0.717) is 0 Å². The molecule has 1 saturated carbocycles. The number of hydrogen-bond acceptors (Lipinski definition) is 4. The number of benzene rings is 2. The van der Waals surface area contributed by atoms with E-state index < -0.39 is 0 Å². The van der Waals surface area contributed by atoms with Gasteiger partial charge < -0.3 is 19.1 Å². The van der Waals surface area contributed by atoms with Crippen LogP contribution in [0.15, 0.2) is 30.3 Å². The number of likely N-dealkylation sites (tertiary alicyclic amines) is 1. The number of morpholine rings is 1. The number of ether oxygens (including phenoxy) is 3. The first-order chi connectivity index (χ1) is 14.9. The summed E-state index contributed by atoms with van der Waals surface area (Å²) in [5.41, 5.74) is 1.05. The van der Waals surface area contributed by atoms with E-state index >= 15 is 0 Å². The van der Waals surface area contributed by atoms with Crippen molar-refractivity contribution in [2.75, 3.05) is 44.3 Å². The van der Waals surface area contributed by atoms with Gasteiger partial charge in [-0.2, -0.15) is 0 Å². The second kappa shape index (κ2) is 7.61. The fourth-order valence-corrected chi connectivity index (χ4v) is 6.17. The van der Waals surface area contributed by atoms with Gasteiger partial charge in [0.05, 0.1) is 26.3 Å². The third-order valence-electron chi connectivity index (χ3n) is 7.68. The molecule has 3 fully saturated rings. The van der Waals surface area contributed by atoms with Crippen molar-refractivity contribution in [1.82, 2.24) is 0 Å². The average Bonchev–Trinajstić information content (AvgIpc) is 2.83. The highest BCUT2D eigenvalue weighted by molar-refractivity contribution is 6.00. The van der Waals surface area contributed by atoms with Gasteiger partial charge in [-0.15, -0.1) is 0 Å². The normalized spacial score (nSPS) is 29.6. The highest BCUT2D eigenvalue weighted by atomic mass is 16.6. The summed E-state index contributed by atoms with van der Waals surface area (Å²) in [6.45, 7) is 5.83. The Morgan fingerprint density at radius 3 is 2.57 bits per heavy atom. The quantitative estimate of drug-likeness (QED) is 0.827. The van der Waals surface area contributed by atoms with Crippen LogP contribution in [0.1, 0.15) is 44.9 Å². The minimum Gasteiger partial charge on any atom is -0.475 e. The van der Waals surface area contributed by atoms with Crippen molar-refractivity contribution >= 4 is 16.5 Å². The molecule has 5 nitrogen and oxygen atoms in total. The topological polar surface area (TPSA) is 35.4 Å². The standard InChI is InChI=1S/C25H32N2O3/c1-6-12-27(13-7-1)25-11-5-4-10-23(25)29-24-20-9-3-2-8-19(20)21(18-22(24)30-25)26-14-16-28-17-15-26/h2-3,8-9,18,23H,1,4-7,10-17H2/p+1/t23-,25-/m0/s1. The van der Waals surface area contributed by atoms with Crippen molar-refractivity contribution in [1.29, 1.82) is 0 Å². The molecular weight excluding hydrogens is 376 g/mol. The fourth-order valence-electron chi connectivity index (χ4n) is 6.17. The van der Waals surface area contributed by atoms with E-state index in [0.717, 1.165) is 50.6 Å². The molecule has 1 aliphatic carbocycles. The summed E-state index contributed by atoms with van der Waals surface area (Å²) in [5.74, 6) is 1.91. The van der Waals surface area contributed by atoms with Gasteiger partial charge in [0.15, 0.2) is 17.6 Å². The lowest BCUT2D eigenvalue weighted by Crippen LogP contribution is -3.24. The summed E-state index contributed by atoms with van der Waals surface area (Å²) in [4.78, 5) is 4.06. The number of rotatable bonds is 2. The number of nitrogens with one attached hydrogen (secondary N) is 1. The van der Waals surface area contributed by atoms with E-state index in [2.05, 4.69) is 35.2 Å². The summed E-state index contributed by atoms with van der Waals surface area (Å²) >= 11 is 0. The average molecular weight is 410 g/mol. The van der Waals surface area contributed by atoms with Crippen LogP contribution in [-0.4, -0.2) is 51.2 Å². The van der Waals surface area contributed by atoms with Gasteiger partial charge in [0.2, 0.25) is 0 Å². The summed E-state index contributed by atoms with van der Waals surface area (Å²) in [6.07, 6.45) is 8.80. The molecule has 2 saturated heterocycles. The maximum absolute atomic E-state index is 7.08. The number of nitrogens with zero attached hydrogens (tertiary/aromatic N) is 1. The zero-order valence-corrected chi connectivity index (χ0v) is 17.8. The maximum Gasteiger partial charge on any atom is 0.278 e. The molecule has 0 unspecified atom stereocenters. The van der Waals surface area contributed by atoms with Crippen molar-refractivity contribution in [2.24, 2.45) is 0 Å². The zero-order chi connectivity index (χ0) is 20.0. The Bertz CT molecular complexity index is 920. The molecule has 160 valence electrons. The summed E-state index contributed by atoms with van der Waals surface area (Å²) < 4.78 is 19.6. The highest BCUT2D eigenvalue weighted by Crippen LogP contribution is 2.48. The Hall–Kier alpha value is -1.98. The Morgan fingerprint density at radius 1 is 0.933 bits per heavy atom. The third kappa shape index (κ3) is 2.97. The molecule has 0 bridgehead atoms. The SMILES string of the molecule is c1ccc2c3c(cc(N4CCOCC4)c2c1)O[C@@]1([NH+]2CCCCC2)CCCC[C@@H]1O3. The van der Waals surface area contributed by atoms with Crippen LogP contribution >= 0.6 is 0 Å². The third-order valence-corrected chi connectivity index (χ3v) is 7.68. The van der Waals surface area contributed by atoms with E-state index in [9.17, 15) is 0 Å². The first kappa shape index (κ1) is 18.8. The molecule has 2 aromatic rings. The molecule has 1 N–H and O–H groups in total. The summed E-state index contributed by atoms with van der Waals surface area (Å²) in [7, 11) is 0. The first-order valence-electron chi connectivity index (χ1n) is 11.9. The number of piperidine rings is 1. The Balaban J connectivity index is 1.47. The van der Waals surface area contributed by atoms with E-state index in [1.54, 1.807) is 4.90 Å². The molecule has 2 aromatic carbocycles. The van der Waals surface area contributed by atoms with Gasteiger partial charge in [-0.25, -0.2) is 0 Å². The minimum absolute atomic E-state index is 0.157. The van der Waals surface area contributed by atoms with Gasteiger partial charge in [-0.1, -0.05) is 24.3 Å². The molecule has 5 heteroatoms. The largest absolute Gasteiger partial charge is 0.475 e. The summed E-state index contributed by atoms with van der Waals surface area (Å²) in [5, 5.41) is 2.44. The number of anilines is 1. The predicted molar refractivity (Wildman–Crippen MR) is 118 cm³/mol. The lowest BCUT2D eigenvalue weighted by Gasteiger charge is -2.50. The molecule has 3 aliphatic heterocycles. The monoisotopic (exact) mass is 409 g/mol. The van der Waals surface area contributed by atoms with Crippen molar-refractivity contribution in [3.05, 3.63) is 30.3 Å². The highest BCUT2D eigenvalue weighted by Gasteiger charge is 2.56. The lowest BCUT2D eigenvalue weighted by atomic mass is 9.85. The van der Waals surface area contributed by atoms with E-state index in [1.807, 2.05) is 0 Å². The minimum atomic E-state index is -0.212. The molecule has 0 amide bonds. The van der Waals surface area contributed by atoms with Crippen molar-refractivity contribution in [2.45, 2.75) is 56.8 Å². The van der Waals surface area contributed by atoms with Crippen LogP contribution in [-0.2, 0) is 4.74 Å². The van der Waals surface area contributed by atoms with Gasteiger partial charge in [-0.3, -0.25) is 4.90 Å². The Labute approximate surface area is 178 Å². The molecule has 6 rings (SSSR count). The van der Waals surface area contributed by atoms with Gasteiger partial charge in [0, 0.05) is 42.0 Å². The van der Waals surface area contributed by atoms with Crippen molar-refractivity contribution in [3.8, 4) is 11.5 Å². The fraction of sp³-hybridized carbons (Fsp3) is 0.600. The van der Waals surface area contributed by atoms with E-state index in [1.165, 1.54) is 61.7 Å². The molecule has 0 radical (unpaired) electrons. The van der Waals surface area contributed by atoms with Crippen LogP contribution in [0, 0.1) is 0 Å². The van der Waals surface area contributed by atoms with E-state index in [4.69, 9.17) is 14.2 Å². The second-order valence-corrected chi connectivity index (χ2v) is 9.38. The van der Waals surface area contributed by atoms with Gasteiger partial charge >= 0.3 is 0 Å². The first-order valence-corrected chi connectivity index (χ1v) is 11.9. The molecule has 30 heavy (non-hydrogen) atoms. The Kier molecular flexibility index (Phi) is 4.76. The van der Waals surface area contributed by atoms with Crippen LogP contribution in [0.25, 0.3) is 10.8 Å². The van der Waals surface area contributed by atoms with Crippen molar-refractivity contribution in [3.63, 3.8) is 0 Å². The number of quaternary nitrogens is 1. The molecule has 4 aliphatic rings. The second-order valence-electron chi connectivity index (χ2n) is 9.38. The molecule has 0 spiro atoms. The molecular formula is C25H33N2O3+. The van der Waals surface area contributed by atoms with Crippen LogP contribution < -0.4 is 19.3 Å². The predicted octanol–water partition coefficient (Wildman–Crippen LogP) is 3.16. The molecule has 2 atom stereocenters.